The number of methoxy groups -OCH3 is 1. The number of carbonyl (C=O) groups excluding carboxylic acids is 2. The lowest BCUT2D eigenvalue weighted by molar-refractivity contribution is -0.159. The van der Waals surface area contributed by atoms with Crippen LogP contribution in [-0.4, -0.2) is 40.8 Å². The van der Waals surface area contributed by atoms with Crippen LogP contribution in [0.2, 0.25) is 0 Å². The molecule has 1 saturated heterocycles. The van der Waals surface area contributed by atoms with Gasteiger partial charge in [-0.3, -0.25) is 4.79 Å². The third kappa shape index (κ3) is 2.73. The summed E-state index contributed by atoms with van der Waals surface area (Å²) in [6.07, 6.45) is 7.84. The lowest BCUT2D eigenvalue weighted by Gasteiger charge is -2.68. The van der Waals surface area contributed by atoms with E-state index < -0.39 is 28.2 Å². The predicted octanol–water partition coefficient (Wildman–Crippen LogP) is 5.91. The van der Waals surface area contributed by atoms with Crippen LogP contribution in [0.15, 0.2) is 23.0 Å². The van der Waals surface area contributed by atoms with E-state index in [0.717, 1.165) is 50.5 Å². The van der Waals surface area contributed by atoms with E-state index in [-0.39, 0.29) is 39.6 Å². The van der Waals surface area contributed by atoms with E-state index in [4.69, 9.17) is 9.47 Å². The average molecular weight is 523 g/mol. The van der Waals surface area contributed by atoms with Crippen molar-refractivity contribution in [3.05, 3.63) is 23.0 Å². The first kappa shape index (κ1) is 25.9. The Labute approximate surface area is 226 Å². The number of nitriles is 1. The molecule has 4 fully saturated rings. The molecule has 0 bridgehead atoms. The molecule has 206 valence electrons. The number of aliphatic hydroxyl groups excluding tert-OH is 1. The Morgan fingerprint density at radius 2 is 1.76 bits per heavy atom. The summed E-state index contributed by atoms with van der Waals surface area (Å²) < 4.78 is 11.5. The molecular weight excluding hydrogens is 480 g/mol. The van der Waals surface area contributed by atoms with Gasteiger partial charge in [-0.25, -0.2) is 4.79 Å². The van der Waals surface area contributed by atoms with Crippen LogP contribution < -0.4 is 5.32 Å². The van der Waals surface area contributed by atoms with Gasteiger partial charge in [0, 0.05) is 16.9 Å². The number of fused-ring (bicyclic) bond motifs is 6. The molecule has 8 atom stereocenters. The maximum Gasteiger partial charge on any atom is 0.407 e. The molecular formula is C31H42N2O5. The topological polar surface area (TPSA) is 112 Å². The smallest absolute Gasteiger partial charge is 0.407 e. The Morgan fingerprint density at radius 3 is 2.42 bits per heavy atom. The van der Waals surface area contributed by atoms with Crippen LogP contribution in [0.3, 0.4) is 0 Å². The normalized spacial score (nSPS) is 50.2. The number of allylic oxidation sites excluding steroid dienone is 2. The summed E-state index contributed by atoms with van der Waals surface area (Å²) in [4.78, 5) is 27.0. The monoisotopic (exact) mass is 522 g/mol. The number of aliphatic hydroxyl groups is 1. The molecule has 0 unspecified atom stereocenters. The van der Waals surface area contributed by atoms with Crippen molar-refractivity contribution in [3.63, 3.8) is 0 Å². The summed E-state index contributed by atoms with van der Waals surface area (Å²) in [5, 5.41) is 24.1. The van der Waals surface area contributed by atoms with Gasteiger partial charge in [-0.2, -0.15) is 5.26 Å². The van der Waals surface area contributed by atoms with E-state index in [1.54, 1.807) is 0 Å². The maximum atomic E-state index is 14.4. The van der Waals surface area contributed by atoms with Crippen molar-refractivity contribution in [2.24, 2.45) is 33.5 Å². The number of hydrogen-bond donors (Lipinski definition) is 2. The minimum atomic E-state index is -0.881. The fourth-order valence-corrected chi connectivity index (χ4v) is 10.4. The van der Waals surface area contributed by atoms with Crippen molar-refractivity contribution in [1.82, 2.24) is 5.32 Å². The van der Waals surface area contributed by atoms with E-state index in [1.807, 2.05) is 13.0 Å². The largest absolute Gasteiger partial charge is 0.508 e. The predicted molar refractivity (Wildman–Crippen MR) is 141 cm³/mol. The maximum absolute atomic E-state index is 14.4. The number of nitrogens with zero attached hydrogens (tertiary/aromatic N) is 1. The number of ketones is 1. The molecule has 2 N–H and O–H groups in total. The Bertz CT molecular complexity index is 1260. The number of carbonyl (C=O) groups is 2. The quantitative estimate of drug-likeness (QED) is 0.414. The number of ether oxygens (including phenoxy) is 2. The Morgan fingerprint density at radius 1 is 1.08 bits per heavy atom. The fourth-order valence-electron chi connectivity index (χ4n) is 10.4. The van der Waals surface area contributed by atoms with Crippen molar-refractivity contribution < 1.29 is 24.2 Å². The molecule has 7 nitrogen and oxygen atoms in total. The van der Waals surface area contributed by atoms with Crippen LogP contribution in [0.4, 0.5) is 4.79 Å². The highest BCUT2D eigenvalue weighted by Gasteiger charge is 2.83. The molecule has 6 aliphatic rings. The van der Waals surface area contributed by atoms with E-state index in [2.05, 4.69) is 46.0 Å². The molecule has 0 aromatic carbocycles. The van der Waals surface area contributed by atoms with Crippen LogP contribution in [0.25, 0.3) is 0 Å². The number of rotatable bonds is 1. The second kappa shape index (κ2) is 7.24. The first-order valence-corrected chi connectivity index (χ1v) is 14.2. The standard InChI is InChI=1S/C31H42N2O5/c1-25(2)8-11-30(33-24(36)37-7)12-9-27(4)22(19(30)16-25)20(34)14-21-26(27,3)10-13-31-28(21,5)15-18(17-32)23(35)29(31,6)38-31/h14,19,22,35H,8-13,15-16H2,1-7H3,(H,33,36)/t19-,22-,26+,27+,28+,29+,30-,31-/m0/s1. The Hall–Kier alpha value is -2.33. The third-order valence-electron chi connectivity index (χ3n) is 12.9. The zero-order valence-corrected chi connectivity index (χ0v) is 23.9. The molecule has 7 heteroatoms. The average Bonchev–Trinajstić information content (AvgIpc) is 3.50. The van der Waals surface area contributed by atoms with Gasteiger partial charge in [0.05, 0.1) is 18.8 Å². The minimum Gasteiger partial charge on any atom is -0.508 e. The SMILES string of the molecule is COC(=O)N[C@]12CCC(C)(C)C[C@H]1[C@H]1C(=O)C=C3[C@@]4(C)CC(C#N)=C(O)[C@@]5(C)O[C@@]45CC[C@@]3(C)[C@]1(C)CC2. The number of nitrogens with one attached hydrogen (secondary N) is 1. The second-order valence-corrected chi connectivity index (χ2v) is 14.8. The van der Waals surface area contributed by atoms with Gasteiger partial charge in [0.25, 0.3) is 0 Å². The third-order valence-corrected chi connectivity index (χ3v) is 12.9. The number of amides is 1. The molecule has 38 heavy (non-hydrogen) atoms. The molecule has 5 aliphatic carbocycles. The van der Waals surface area contributed by atoms with E-state index in [1.165, 1.54) is 7.11 Å². The van der Waals surface area contributed by atoms with Gasteiger partial charge < -0.3 is 19.9 Å². The van der Waals surface area contributed by atoms with E-state index >= 15 is 0 Å². The number of alkyl carbamates (subject to hydrolysis) is 1. The van der Waals surface area contributed by atoms with Gasteiger partial charge in [0.2, 0.25) is 0 Å². The van der Waals surface area contributed by atoms with E-state index in [0.29, 0.717) is 12.0 Å². The minimum absolute atomic E-state index is 0.0160. The summed E-state index contributed by atoms with van der Waals surface area (Å²) >= 11 is 0. The lowest BCUT2D eigenvalue weighted by atomic mass is 9.35. The van der Waals surface area contributed by atoms with E-state index in [9.17, 15) is 20.0 Å². The Kier molecular flexibility index (Phi) is 4.94. The second-order valence-electron chi connectivity index (χ2n) is 14.8. The molecule has 0 aromatic heterocycles. The van der Waals surface area contributed by atoms with Gasteiger partial charge in [-0.05, 0) is 86.5 Å². The van der Waals surface area contributed by atoms with Crippen LogP contribution in [-0.2, 0) is 14.3 Å². The summed E-state index contributed by atoms with van der Waals surface area (Å²) in [6.45, 7) is 13.2. The zero-order chi connectivity index (χ0) is 27.7. The molecule has 1 heterocycles. The van der Waals surface area contributed by atoms with Crippen molar-refractivity contribution in [3.8, 4) is 6.07 Å². The van der Waals surface area contributed by atoms with Crippen LogP contribution >= 0.6 is 0 Å². The first-order valence-electron chi connectivity index (χ1n) is 14.2. The van der Waals surface area contributed by atoms with Crippen molar-refractivity contribution in [1.29, 1.82) is 5.26 Å². The van der Waals surface area contributed by atoms with Crippen molar-refractivity contribution in [2.45, 2.75) is 110 Å². The molecule has 0 radical (unpaired) electrons. The molecule has 6 rings (SSSR count). The summed E-state index contributed by atoms with van der Waals surface area (Å²) in [5.74, 6) is 0.00110. The van der Waals surface area contributed by atoms with Crippen molar-refractivity contribution >= 4 is 11.9 Å². The molecule has 1 spiro atoms. The molecule has 1 aliphatic heterocycles. The first-order chi connectivity index (χ1) is 17.6. The number of hydrogen-bond acceptors (Lipinski definition) is 6. The lowest BCUT2D eigenvalue weighted by Crippen LogP contribution is -2.70. The fraction of sp³-hybridized carbons (Fsp3) is 0.774. The van der Waals surface area contributed by atoms with Gasteiger partial charge in [0.15, 0.2) is 11.4 Å². The summed E-state index contributed by atoms with van der Waals surface area (Å²) in [7, 11) is 1.40. The van der Waals surface area contributed by atoms with Crippen molar-refractivity contribution in [2.75, 3.05) is 7.11 Å². The molecule has 1 amide bonds. The van der Waals surface area contributed by atoms with Gasteiger partial charge in [-0.1, -0.05) is 40.2 Å². The summed E-state index contributed by atoms with van der Waals surface area (Å²) in [5.41, 5.74) is -1.53. The van der Waals surface area contributed by atoms with Gasteiger partial charge >= 0.3 is 6.09 Å². The summed E-state index contributed by atoms with van der Waals surface area (Å²) in [6, 6.07) is 2.24. The highest BCUT2D eigenvalue weighted by atomic mass is 16.6. The highest BCUT2D eigenvalue weighted by molar-refractivity contribution is 5.96. The molecule has 0 aromatic rings. The number of epoxide rings is 1. The zero-order valence-electron chi connectivity index (χ0n) is 23.9. The Balaban J connectivity index is 1.50. The van der Waals surface area contributed by atoms with Gasteiger partial charge in [-0.15, -0.1) is 0 Å². The van der Waals surface area contributed by atoms with Crippen LogP contribution in [0.1, 0.15) is 92.9 Å². The van der Waals surface area contributed by atoms with Crippen LogP contribution in [0.5, 0.6) is 0 Å². The van der Waals surface area contributed by atoms with Crippen LogP contribution in [0, 0.1) is 44.8 Å². The van der Waals surface area contributed by atoms with Gasteiger partial charge in [0.1, 0.15) is 11.4 Å². The highest BCUT2D eigenvalue weighted by Crippen LogP contribution is 2.79. The molecule has 3 saturated carbocycles.